The number of nitrogens with one attached hydrogen (secondary N) is 1. The highest BCUT2D eigenvalue weighted by molar-refractivity contribution is 7.91. The van der Waals surface area contributed by atoms with E-state index in [2.05, 4.69) is 10.2 Å². The second-order valence-corrected chi connectivity index (χ2v) is 12.3. The molecule has 2 aliphatic heterocycles. The van der Waals surface area contributed by atoms with Crippen LogP contribution in [0, 0.1) is 12.7 Å². The molecule has 1 saturated heterocycles. The highest BCUT2D eigenvalue weighted by atomic mass is 32.2. The molecule has 9 heteroatoms. The standard InChI is InChI=1S/C29H31FN4O3S/c1-19-2-6-21(7-3-19)29(25(36)20-4-8-22(30)9-5-20)13-15-34(16-14-29)27-31-23-10-17-38(37)24(23)26(32-27)33-28(18-35)11-12-28/h2-9,35H,10-18H2,1H3,(H,31,32,33). The maximum absolute atomic E-state index is 14.0. The van der Waals surface area contributed by atoms with Gasteiger partial charge in [0.1, 0.15) is 17.3 Å². The number of hydrogen-bond acceptors (Lipinski definition) is 7. The van der Waals surface area contributed by atoms with E-state index in [1.807, 2.05) is 31.2 Å². The van der Waals surface area contributed by atoms with E-state index in [1.165, 1.54) is 12.1 Å². The average Bonchev–Trinajstić information content (AvgIpc) is 3.61. The van der Waals surface area contributed by atoms with Crippen molar-refractivity contribution in [1.29, 1.82) is 0 Å². The molecule has 1 unspecified atom stereocenters. The van der Waals surface area contributed by atoms with Crippen molar-refractivity contribution in [2.75, 3.05) is 35.7 Å². The minimum Gasteiger partial charge on any atom is -0.611 e. The smallest absolute Gasteiger partial charge is 0.227 e. The van der Waals surface area contributed by atoms with Crippen molar-refractivity contribution >= 4 is 28.7 Å². The number of rotatable bonds is 7. The number of carbonyl (C=O) groups is 1. The van der Waals surface area contributed by atoms with Crippen LogP contribution in [-0.4, -0.2) is 56.4 Å². The zero-order valence-electron chi connectivity index (χ0n) is 21.4. The summed E-state index contributed by atoms with van der Waals surface area (Å²) < 4.78 is 26.3. The fourth-order valence-electron chi connectivity index (χ4n) is 5.62. The number of aliphatic hydroxyl groups excluding tert-OH is 1. The van der Waals surface area contributed by atoms with E-state index in [-0.39, 0.29) is 18.2 Å². The number of nitrogens with zero attached hydrogens (tertiary/aromatic N) is 3. The van der Waals surface area contributed by atoms with Crippen molar-refractivity contribution in [2.45, 2.75) is 54.9 Å². The van der Waals surface area contributed by atoms with Gasteiger partial charge < -0.3 is 19.9 Å². The molecule has 3 aliphatic rings. The van der Waals surface area contributed by atoms with Gasteiger partial charge >= 0.3 is 0 Å². The number of hydrogen-bond donors (Lipinski definition) is 2. The third-order valence-corrected chi connectivity index (χ3v) is 9.72. The third kappa shape index (κ3) is 4.46. The number of Topliss-reactive ketones (excluding diaryl/α,β-unsaturated/α-hetero) is 1. The molecule has 2 aromatic carbocycles. The molecule has 0 amide bonds. The number of aromatic nitrogens is 2. The summed E-state index contributed by atoms with van der Waals surface area (Å²) in [6.07, 6.45) is 3.43. The summed E-state index contributed by atoms with van der Waals surface area (Å²) in [5.41, 5.74) is 2.25. The Morgan fingerprint density at radius 1 is 1.08 bits per heavy atom. The van der Waals surface area contributed by atoms with Gasteiger partial charge in [0.05, 0.1) is 17.6 Å². The van der Waals surface area contributed by atoms with E-state index >= 15 is 0 Å². The van der Waals surface area contributed by atoms with Crippen LogP contribution in [0.5, 0.6) is 0 Å². The number of fused-ring (bicyclic) bond motifs is 1. The van der Waals surface area contributed by atoms with Crippen LogP contribution in [0.1, 0.15) is 52.9 Å². The Kier molecular flexibility index (Phi) is 6.40. The Labute approximate surface area is 224 Å². The van der Waals surface area contributed by atoms with Gasteiger partial charge in [0.2, 0.25) is 10.8 Å². The molecule has 38 heavy (non-hydrogen) atoms. The van der Waals surface area contributed by atoms with Gasteiger partial charge in [-0.25, -0.2) is 9.37 Å². The molecule has 0 bridgehead atoms. The first-order valence-electron chi connectivity index (χ1n) is 13.1. The molecule has 3 heterocycles. The van der Waals surface area contributed by atoms with Crippen molar-refractivity contribution in [3.05, 3.63) is 76.7 Å². The molecule has 6 rings (SSSR count). The van der Waals surface area contributed by atoms with Gasteiger partial charge in [-0.2, -0.15) is 4.98 Å². The molecule has 2 N–H and O–H groups in total. The van der Waals surface area contributed by atoms with Crippen molar-refractivity contribution in [3.8, 4) is 0 Å². The lowest BCUT2D eigenvalue weighted by molar-refractivity contribution is 0.0854. The molecule has 7 nitrogen and oxygen atoms in total. The molecule has 0 radical (unpaired) electrons. The second-order valence-electron chi connectivity index (χ2n) is 10.8. The molecule has 0 spiro atoms. The van der Waals surface area contributed by atoms with Crippen LogP contribution in [0.3, 0.4) is 0 Å². The van der Waals surface area contributed by atoms with Crippen LogP contribution in [0.25, 0.3) is 0 Å². The molecule has 2 fully saturated rings. The SMILES string of the molecule is Cc1ccc(C2(C(=O)c3ccc(F)cc3)CCN(c3nc4c(c(NC5(CO)CC5)n3)[S+]([O-])CC4)CC2)cc1. The number of aliphatic hydroxyl groups is 1. The highest BCUT2D eigenvalue weighted by Crippen LogP contribution is 2.43. The minimum atomic E-state index is -1.16. The van der Waals surface area contributed by atoms with E-state index in [4.69, 9.17) is 9.97 Å². The van der Waals surface area contributed by atoms with Gasteiger partial charge in [0, 0.05) is 25.1 Å². The Morgan fingerprint density at radius 3 is 2.39 bits per heavy atom. The van der Waals surface area contributed by atoms with Crippen LogP contribution >= 0.6 is 0 Å². The van der Waals surface area contributed by atoms with Crippen LogP contribution in [0.4, 0.5) is 16.2 Å². The summed E-state index contributed by atoms with van der Waals surface area (Å²) in [5.74, 6) is 1.27. The number of anilines is 2. The number of benzene rings is 2. The molecule has 1 aromatic heterocycles. The average molecular weight is 535 g/mol. The highest BCUT2D eigenvalue weighted by Gasteiger charge is 2.46. The number of carbonyl (C=O) groups excluding carboxylic acids is 1. The van der Waals surface area contributed by atoms with Crippen LogP contribution in [0.2, 0.25) is 0 Å². The van der Waals surface area contributed by atoms with Crippen molar-refractivity contribution in [2.24, 2.45) is 0 Å². The maximum Gasteiger partial charge on any atom is 0.227 e. The molecule has 198 valence electrons. The van der Waals surface area contributed by atoms with Gasteiger partial charge in [0.15, 0.2) is 11.6 Å². The number of aryl methyl sites for hydroxylation is 2. The normalized spacial score (nSPS) is 21.2. The predicted molar refractivity (Wildman–Crippen MR) is 145 cm³/mol. The zero-order chi connectivity index (χ0) is 26.5. The third-order valence-electron chi connectivity index (χ3n) is 8.26. The van der Waals surface area contributed by atoms with E-state index in [0.717, 1.165) is 29.7 Å². The van der Waals surface area contributed by atoms with Crippen molar-refractivity contribution < 1.29 is 18.8 Å². The Bertz CT molecular complexity index is 1350. The summed E-state index contributed by atoms with van der Waals surface area (Å²) in [4.78, 5) is 26.3. The Hall–Kier alpha value is -3.01. The molecular formula is C29H31FN4O3S. The number of ketones is 1. The van der Waals surface area contributed by atoms with Crippen LogP contribution in [0.15, 0.2) is 53.4 Å². The van der Waals surface area contributed by atoms with Crippen molar-refractivity contribution in [1.82, 2.24) is 9.97 Å². The lowest BCUT2D eigenvalue weighted by atomic mass is 9.68. The second kappa shape index (κ2) is 9.63. The molecule has 3 aromatic rings. The lowest BCUT2D eigenvalue weighted by Gasteiger charge is -2.41. The fraction of sp³-hybridized carbons (Fsp3) is 0.414. The number of halogens is 1. The van der Waals surface area contributed by atoms with Crippen LogP contribution in [-0.2, 0) is 23.0 Å². The number of piperidine rings is 1. The van der Waals surface area contributed by atoms with Crippen LogP contribution < -0.4 is 10.2 Å². The largest absolute Gasteiger partial charge is 0.611 e. The first kappa shape index (κ1) is 25.3. The first-order valence-corrected chi connectivity index (χ1v) is 14.5. The van der Waals surface area contributed by atoms with Gasteiger partial charge in [-0.1, -0.05) is 29.8 Å². The Balaban J connectivity index is 1.31. The van der Waals surface area contributed by atoms with Gasteiger partial charge in [0.25, 0.3) is 0 Å². The first-order chi connectivity index (χ1) is 18.3. The van der Waals surface area contributed by atoms with E-state index in [9.17, 15) is 18.8 Å². The molecule has 1 saturated carbocycles. The van der Waals surface area contributed by atoms with Gasteiger partial charge in [-0.05, 0) is 73.6 Å². The monoisotopic (exact) mass is 534 g/mol. The minimum absolute atomic E-state index is 0.00201. The fourth-order valence-corrected chi connectivity index (χ4v) is 6.93. The van der Waals surface area contributed by atoms with Gasteiger partial charge in [-0.3, -0.25) is 4.79 Å². The van der Waals surface area contributed by atoms with Gasteiger partial charge in [-0.15, -0.1) is 0 Å². The Morgan fingerprint density at radius 2 is 1.76 bits per heavy atom. The summed E-state index contributed by atoms with van der Waals surface area (Å²) in [6, 6.07) is 13.9. The van der Waals surface area contributed by atoms with E-state index in [1.54, 1.807) is 12.1 Å². The predicted octanol–water partition coefficient (Wildman–Crippen LogP) is 3.95. The summed E-state index contributed by atoms with van der Waals surface area (Å²) in [7, 11) is 0. The topological polar surface area (TPSA) is 101 Å². The molecular weight excluding hydrogens is 503 g/mol. The van der Waals surface area contributed by atoms with Crippen molar-refractivity contribution in [3.63, 3.8) is 0 Å². The molecule has 1 atom stereocenters. The quantitative estimate of drug-likeness (QED) is 0.350. The summed E-state index contributed by atoms with van der Waals surface area (Å²) in [5, 5.41) is 13.2. The summed E-state index contributed by atoms with van der Waals surface area (Å²) >= 11 is -1.16. The summed E-state index contributed by atoms with van der Waals surface area (Å²) in [6.45, 7) is 3.15. The zero-order valence-corrected chi connectivity index (χ0v) is 22.2. The van der Waals surface area contributed by atoms with E-state index in [0.29, 0.717) is 60.3 Å². The van der Waals surface area contributed by atoms with E-state index < -0.39 is 22.1 Å². The lowest BCUT2D eigenvalue weighted by Crippen LogP contribution is -2.48. The maximum atomic E-state index is 14.0. The molecule has 1 aliphatic carbocycles.